The van der Waals surface area contributed by atoms with Crippen LogP contribution in [-0.4, -0.2) is 4.98 Å². The molecule has 1 heterocycles. The van der Waals surface area contributed by atoms with Crippen LogP contribution in [0, 0.1) is 0 Å². The van der Waals surface area contributed by atoms with Gasteiger partial charge in [0, 0.05) is 22.5 Å². The first-order valence-corrected chi connectivity index (χ1v) is 8.31. The minimum absolute atomic E-state index is 0.0200. The maximum atomic E-state index is 13.2. The Balaban J connectivity index is 2.05. The predicted molar refractivity (Wildman–Crippen MR) is 106 cm³/mol. The number of hydrogen-bond acceptors (Lipinski definition) is 2. The van der Waals surface area contributed by atoms with Crippen LogP contribution < -0.4 is 5.43 Å². The van der Waals surface area contributed by atoms with E-state index in [2.05, 4.69) is 4.98 Å². The number of aromatic nitrogens is 1. The number of benzene rings is 2. The quantitative estimate of drug-likeness (QED) is 0.491. The Morgan fingerprint density at radius 2 is 1.64 bits per heavy atom. The molecule has 0 aliphatic rings. The van der Waals surface area contributed by atoms with Crippen LogP contribution in [-0.2, 0) is 0 Å². The molecule has 0 saturated heterocycles. The summed E-state index contributed by atoms with van der Waals surface area (Å²) in [5, 5.41) is 2.30. The zero-order valence-electron chi connectivity index (χ0n) is 13.9. The minimum Gasteiger partial charge on any atom is -0.289 e. The summed E-state index contributed by atoms with van der Waals surface area (Å²) < 4.78 is 0. The molecule has 0 saturated carbocycles. The SMILES string of the molecule is C/C=C\c1ccc2ccc3ncc(-c4ccccc4)cc3c(=O)c2c1. The number of rotatable bonds is 2. The second-order valence-corrected chi connectivity index (χ2v) is 6.03. The van der Waals surface area contributed by atoms with Crippen LogP contribution in [0.5, 0.6) is 0 Å². The maximum absolute atomic E-state index is 13.2. The third-order valence-electron chi connectivity index (χ3n) is 4.37. The lowest BCUT2D eigenvalue weighted by Crippen LogP contribution is -1.99. The van der Waals surface area contributed by atoms with Gasteiger partial charge in [-0.15, -0.1) is 0 Å². The van der Waals surface area contributed by atoms with Crippen molar-refractivity contribution >= 4 is 27.8 Å². The second kappa shape index (κ2) is 6.33. The van der Waals surface area contributed by atoms with Crippen molar-refractivity contribution in [2.45, 2.75) is 6.92 Å². The highest BCUT2D eigenvalue weighted by Gasteiger charge is 2.06. The van der Waals surface area contributed by atoms with E-state index in [1.54, 1.807) is 0 Å². The molecule has 0 aliphatic heterocycles. The lowest BCUT2D eigenvalue weighted by molar-refractivity contribution is 1.41. The molecule has 0 amide bonds. The Morgan fingerprint density at radius 1 is 0.840 bits per heavy atom. The Kier molecular flexibility index (Phi) is 3.87. The van der Waals surface area contributed by atoms with Gasteiger partial charge in [-0.2, -0.15) is 0 Å². The highest BCUT2D eigenvalue weighted by Crippen LogP contribution is 2.22. The van der Waals surface area contributed by atoms with Crippen LogP contribution >= 0.6 is 0 Å². The van der Waals surface area contributed by atoms with Gasteiger partial charge in [-0.3, -0.25) is 9.78 Å². The molecule has 0 bridgehead atoms. The van der Waals surface area contributed by atoms with E-state index in [1.165, 1.54) is 0 Å². The van der Waals surface area contributed by atoms with E-state index in [9.17, 15) is 4.79 Å². The van der Waals surface area contributed by atoms with Crippen LogP contribution in [0.2, 0.25) is 0 Å². The van der Waals surface area contributed by atoms with Gasteiger partial charge in [-0.25, -0.2) is 0 Å². The Hall–Kier alpha value is -3.26. The van der Waals surface area contributed by atoms with Crippen LogP contribution in [0.3, 0.4) is 0 Å². The molecule has 4 aromatic rings. The summed E-state index contributed by atoms with van der Waals surface area (Å²) in [5.41, 5.74) is 3.77. The summed E-state index contributed by atoms with van der Waals surface area (Å²) in [7, 11) is 0. The molecule has 120 valence electrons. The van der Waals surface area contributed by atoms with Crippen molar-refractivity contribution in [3.63, 3.8) is 0 Å². The van der Waals surface area contributed by atoms with Crippen molar-refractivity contribution in [1.29, 1.82) is 0 Å². The van der Waals surface area contributed by atoms with Gasteiger partial charge in [0.1, 0.15) is 0 Å². The number of pyridine rings is 1. The molecule has 0 spiro atoms. The number of fused-ring (bicyclic) bond motifs is 2. The standard InChI is InChI=1S/C23H17NO/c1-2-6-16-9-10-18-11-12-22-21(23(25)20(18)13-16)14-19(15-24-22)17-7-4-3-5-8-17/h2-15H,1H3/b6-2-. The summed E-state index contributed by atoms with van der Waals surface area (Å²) in [6.07, 6.45) is 5.80. The van der Waals surface area contributed by atoms with Gasteiger partial charge in [0.05, 0.1) is 5.52 Å². The van der Waals surface area contributed by atoms with E-state index < -0.39 is 0 Å². The fraction of sp³-hybridized carbons (Fsp3) is 0.0435. The van der Waals surface area contributed by atoms with E-state index in [4.69, 9.17) is 0 Å². The summed E-state index contributed by atoms with van der Waals surface area (Å²) >= 11 is 0. The van der Waals surface area contributed by atoms with Crippen LogP contribution in [0.1, 0.15) is 12.5 Å². The zero-order valence-corrected chi connectivity index (χ0v) is 13.9. The van der Waals surface area contributed by atoms with E-state index in [-0.39, 0.29) is 5.43 Å². The molecule has 0 atom stereocenters. The highest BCUT2D eigenvalue weighted by molar-refractivity contribution is 5.94. The average Bonchev–Trinajstić information content (AvgIpc) is 2.80. The van der Waals surface area contributed by atoms with Gasteiger partial charge in [-0.1, -0.05) is 60.7 Å². The van der Waals surface area contributed by atoms with Gasteiger partial charge in [0.25, 0.3) is 0 Å². The first-order valence-electron chi connectivity index (χ1n) is 8.31. The van der Waals surface area contributed by atoms with Crippen LogP contribution in [0.15, 0.2) is 83.8 Å². The largest absolute Gasteiger partial charge is 0.289 e. The van der Waals surface area contributed by atoms with Gasteiger partial charge in [0.15, 0.2) is 5.43 Å². The summed E-state index contributed by atoms with van der Waals surface area (Å²) in [5.74, 6) is 0. The molecule has 2 heteroatoms. The zero-order chi connectivity index (χ0) is 17.2. The van der Waals surface area contributed by atoms with Crippen molar-refractivity contribution < 1.29 is 0 Å². The summed E-state index contributed by atoms with van der Waals surface area (Å²) in [6, 6.07) is 21.8. The average molecular weight is 323 g/mol. The van der Waals surface area contributed by atoms with Crippen molar-refractivity contribution in [3.05, 3.63) is 94.8 Å². The smallest absolute Gasteiger partial charge is 0.195 e. The maximum Gasteiger partial charge on any atom is 0.195 e. The second-order valence-electron chi connectivity index (χ2n) is 6.03. The number of hydrogen-bond donors (Lipinski definition) is 0. The van der Waals surface area contributed by atoms with Crippen molar-refractivity contribution in [2.75, 3.05) is 0 Å². The third kappa shape index (κ3) is 2.83. The molecule has 2 nitrogen and oxygen atoms in total. The first kappa shape index (κ1) is 15.3. The molecule has 0 fully saturated rings. The first-order chi connectivity index (χ1) is 12.3. The molecule has 0 radical (unpaired) electrons. The molecule has 0 N–H and O–H groups in total. The third-order valence-corrected chi connectivity index (χ3v) is 4.37. The van der Waals surface area contributed by atoms with Crippen molar-refractivity contribution in [3.8, 4) is 11.1 Å². The van der Waals surface area contributed by atoms with Crippen molar-refractivity contribution in [2.24, 2.45) is 0 Å². The van der Waals surface area contributed by atoms with Gasteiger partial charge < -0.3 is 0 Å². The normalized spacial score (nSPS) is 11.4. The summed E-state index contributed by atoms with van der Waals surface area (Å²) in [6.45, 7) is 1.97. The number of allylic oxidation sites excluding steroid dienone is 1. The Bertz CT molecular complexity index is 1160. The van der Waals surface area contributed by atoms with Crippen LogP contribution in [0.25, 0.3) is 38.9 Å². The highest BCUT2D eigenvalue weighted by atomic mass is 16.1. The molecular formula is C23H17NO. The molecular weight excluding hydrogens is 306 g/mol. The van der Waals surface area contributed by atoms with E-state index in [0.29, 0.717) is 10.9 Å². The molecule has 3 aromatic carbocycles. The Labute approximate surface area is 146 Å². The molecule has 25 heavy (non-hydrogen) atoms. The predicted octanol–water partition coefficient (Wildman–Crippen LogP) is 5.45. The Morgan fingerprint density at radius 3 is 2.44 bits per heavy atom. The van der Waals surface area contributed by atoms with Crippen LogP contribution in [0.4, 0.5) is 0 Å². The molecule has 0 aliphatic carbocycles. The molecule has 4 rings (SSSR count). The number of nitrogens with zero attached hydrogens (tertiary/aromatic N) is 1. The fourth-order valence-corrected chi connectivity index (χ4v) is 3.10. The van der Waals surface area contributed by atoms with Gasteiger partial charge in [-0.05, 0) is 41.6 Å². The topological polar surface area (TPSA) is 30.0 Å². The molecule has 0 unspecified atom stereocenters. The van der Waals surface area contributed by atoms with Gasteiger partial charge >= 0.3 is 0 Å². The fourth-order valence-electron chi connectivity index (χ4n) is 3.10. The van der Waals surface area contributed by atoms with Gasteiger partial charge in [0.2, 0.25) is 0 Å². The molecule has 1 aromatic heterocycles. The van der Waals surface area contributed by atoms with E-state index in [0.717, 1.165) is 27.5 Å². The van der Waals surface area contributed by atoms with Crippen molar-refractivity contribution in [1.82, 2.24) is 4.98 Å². The summed E-state index contributed by atoms with van der Waals surface area (Å²) in [4.78, 5) is 17.7. The lowest BCUT2D eigenvalue weighted by Gasteiger charge is -2.01. The van der Waals surface area contributed by atoms with E-state index >= 15 is 0 Å². The van der Waals surface area contributed by atoms with E-state index in [1.807, 2.05) is 92.0 Å². The monoisotopic (exact) mass is 323 g/mol. The lowest BCUT2D eigenvalue weighted by atomic mass is 10.1. The minimum atomic E-state index is 0.0200.